The molecular weight excluding hydrogens is 224 g/mol. The van der Waals surface area contributed by atoms with Gasteiger partial charge in [0.05, 0.1) is 17.5 Å². The molecule has 0 saturated carbocycles. The van der Waals surface area contributed by atoms with Crippen molar-refractivity contribution in [3.8, 4) is 6.07 Å². The van der Waals surface area contributed by atoms with Gasteiger partial charge in [-0.15, -0.1) is 5.10 Å². The zero-order chi connectivity index (χ0) is 11.4. The van der Waals surface area contributed by atoms with E-state index < -0.39 is 5.92 Å². The lowest BCUT2D eigenvalue weighted by Crippen LogP contribution is -2.04. The molecule has 0 bridgehead atoms. The monoisotopic (exact) mass is 230 g/mol. The Morgan fingerprint density at radius 1 is 1.12 bits per heavy atom. The lowest BCUT2D eigenvalue weighted by atomic mass is 10.0. The molecule has 0 spiro atoms. The standard InChI is InChI=1S/C11H7ClN4/c12-11-5-4-10(15-16-11)8(7-13)9-3-1-2-6-14-9/h1-6,8H. The third-order valence-corrected chi connectivity index (χ3v) is 2.26. The number of rotatable bonds is 2. The smallest absolute Gasteiger partial charge is 0.151 e. The summed E-state index contributed by atoms with van der Waals surface area (Å²) in [6.45, 7) is 0. The SMILES string of the molecule is N#CC(c1ccccn1)c1ccc(Cl)nn1. The Kier molecular flexibility index (Phi) is 3.08. The summed E-state index contributed by atoms with van der Waals surface area (Å²) in [6.07, 6.45) is 1.64. The van der Waals surface area contributed by atoms with Crippen LogP contribution in [0, 0.1) is 11.3 Å². The second kappa shape index (κ2) is 4.69. The number of halogens is 1. The molecule has 5 heteroatoms. The molecule has 0 fully saturated rings. The van der Waals surface area contributed by atoms with Crippen molar-refractivity contribution in [2.24, 2.45) is 0 Å². The minimum atomic E-state index is -0.508. The fourth-order valence-corrected chi connectivity index (χ4v) is 1.41. The topological polar surface area (TPSA) is 62.5 Å². The highest BCUT2D eigenvalue weighted by atomic mass is 35.5. The fourth-order valence-electron chi connectivity index (χ4n) is 1.31. The normalized spacial score (nSPS) is 11.8. The van der Waals surface area contributed by atoms with Crippen molar-refractivity contribution in [2.75, 3.05) is 0 Å². The van der Waals surface area contributed by atoms with Gasteiger partial charge in [0.15, 0.2) is 5.15 Å². The molecule has 0 amide bonds. The van der Waals surface area contributed by atoms with Gasteiger partial charge >= 0.3 is 0 Å². The van der Waals surface area contributed by atoms with Gasteiger partial charge in [0.1, 0.15) is 5.92 Å². The first-order valence-corrected chi connectivity index (χ1v) is 4.98. The Bertz CT molecular complexity index is 504. The van der Waals surface area contributed by atoms with E-state index in [-0.39, 0.29) is 0 Å². The average molecular weight is 231 g/mol. The van der Waals surface area contributed by atoms with E-state index in [1.807, 2.05) is 6.07 Å². The van der Waals surface area contributed by atoms with Crippen LogP contribution in [0.5, 0.6) is 0 Å². The first-order valence-electron chi connectivity index (χ1n) is 4.61. The Morgan fingerprint density at radius 3 is 2.56 bits per heavy atom. The minimum absolute atomic E-state index is 0.307. The van der Waals surface area contributed by atoms with Crippen molar-refractivity contribution in [2.45, 2.75) is 5.92 Å². The molecule has 1 atom stereocenters. The summed E-state index contributed by atoms with van der Waals surface area (Å²) in [6, 6.07) is 10.8. The molecule has 2 aromatic heterocycles. The van der Waals surface area contributed by atoms with Gasteiger partial charge in [-0.3, -0.25) is 4.98 Å². The van der Waals surface area contributed by atoms with Crippen molar-refractivity contribution in [3.05, 3.63) is 53.1 Å². The molecule has 4 nitrogen and oxygen atoms in total. The third-order valence-electron chi connectivity index (χ3n) is 2.06. The van der Waals surface area contributed by atoms with Crippen molar-refractivity contribution >= 4 is 11.6 Å². The van der Waals surface area contributed by atoms with E-state index in [2.05, 4.69) is 21.3 Å². The van der Waals surface area contributed by atoms with Crippen molar-refractivity contribution in [1.29, 1.82) is 5.26 Å². The molecule has 2 rings (SSSR count). The minimum Gasteiger partial charge on any atom is -0.259 e. The molecule has 0 radical (unpaired) electrons. The summed E-state index contributed by atoms with van der Waals surface area (Å²) >= 11 is 5.63. The maximum absolute atomic E-state index is 9.11. The fraction of sp³-hybridized carbons (Fsp3) is 0.0909. The summed E-state index contributed by atoms with van der Waals surface area (Å²) in [7, 11) is 0. The van der Waals surface area contributed by atoms with Crippen LogP contribution in [0.1, 0.15) is 17.3 Å². The van der Waals surface area contributed by atoms with Crippen molar-refractivity contribution in [3.63, 3.8) is 0 Å². The summed E-state index contributed by atoms with van der Waals surface area (Å²) < 4.78 is 0. The first-order chi connectivity index (χ1) is 7.81. The largest absolute Gasteiger partial charge is 0.259 e. The van der Waals surface area contributed by atoms with Crippen LogP contribution in [0.2, 0.25) is 5.15 Å². The molecule has 0 saturated heterocycles. The molecule has 1 unspecified atom stereocenters. The van der Waals surface area contributed by atoms with Gasteiger partial charge in [-0.05, 0) is 24.3 Å². The zero-order valence-electron chi connectivity index (χ0n) is 8.21. The maximum Gasteiger partial charge on any atom is 0.151 e. The van der Waals surface area contributed by atoms with E-state index in [4.69, 9.17) is 16.9 Å². The van der Waals surface area contributed by atoms with Gasteiger partial charge < -0.3 is 0 Å². The highest BCUT2D eigenvalue weighted by molar-refractivity contribution is 6.29. The van der Waals surface area contributed by atoms with Gasteiger partial charge in [-0.25, -0.2) is 0 Å². The van der Waals surface area contributed by atoms with Crippen LogP contribution in [-0.4, -0.2) is 15.2 Å². The summed E-state index contributed by atoms with van der Waals surface area (Å²) in [5, 5.41) is 17.0. The second-order valence-electron chi connectivity index (χ2n) is 3.10. The molecule has 2 aromatic rings. The van der Waals surface area contributed by atoms with Crippen LogP contribution in [0.15, 0.2) is 36.5 Å². The third kappa shape index (κ3) is 2.15. The van der Waals surface area contributed by atoms with Crippen LogP contribution >= 0.6 is 11.6 Å². The molecule has 0 aliphatic rings. The van der Waals surface area contributed by atoms with Crippen LogP contribution in [0.3, 0.4) is 0 Å². The number of hydrogen-bond donors (Lipinski definition) is 0. The van der Waals surface area contributed by atoms with Gasteiger partial charge in [-0.1, -0.05) is 17.7 Å². The molecule has 16 heavy (non-hydrogen) atoms. The van der Waals surface area contributed by atoms with E-state index in [0.29, 0.717) is 16.5 Å². The quantitative estimate of drug-likeness (QED) is 0.793. The molecule has 78 valence electrons. The molecular formula is C11H7ClN4. The predicted molar refractivity (Wildman–Crippen MR) is 58.7 cm³/mol. The van der Waals surface area contributed by atoms with Gasteiger partial charge in [0.2, 0.25) is 0 Å². The van der Waals surface area contributed by atoms with E-state index in [1.54, 1.807) is 30.5 Å². The van der Waals surface area contributed by atoms with E-state index in [9.17, 15) is 0 Å². The Morgan fingerprint density at radius 2 is 2.00 bits per heavy atom. The number of nitrogens with zero attached hydrogens (tertiary/aromatic N) is 4. The maximum atomic E-state index is 9.11. The Balaban J connectivity index is 2.38. The van der Waals surface area contributed by atoms with Gasteiger partial charge in [0.25, 0.3) is 0 Å². The van der Waals surface area contributed by atoms with Crippen molar-refractivity contribution in [1.82, 2.24) is 15.2 Å². The number of aromatic nitrogens is 3. The summed E-state index contributed by atoms with van der Waals surface area (Å²) in [4.78, 5) is 4.13. The molecule has 0 N–H and O–H groups in total. The lowest BCUT2D eigenvalue weighted by Gasteiger charge is -2.06. The molecule has 0 aromatic carbocycles. The van der Waals surface area contributed by atoms with Crippen molar-refractivity contribution < 1.29 is 0 Å². The Hall–Kier alpha value is -1.99. The number of hydrogen-bond acceptors (Lipinski definition) is 4. The summed E-state index contributed by atoms with van der Waals surface area (Å²) in [5.41, 5.74) is 1.20. The zero-order valence-corrected chi connectivity index (χ0v) is 8.96. The van der Waals surface area contributed by atoms with Crippen LogP contribution in [-0.2, 0) is 0 Å². The first kappa shape index (κ1) is 10.5. The van der Waals surface area contributed by atoms with Crippen LogP contribution in [0.25, 0.3) is 0 Å². The number of nitriles is 1. The number of pyridine rings is 1. The predicted octanol–water partition coefficient (Wildman–Crippen LogP) is 2.18. The highest BCUT2D eigenvalue weighted by Gasteiger charge is 2.16. The molecule has 2 heterocycles. The lowest BCUT2D eigenvalue weighted by molar-refractivity contribution is 0.859. The van der Waals surface area contributed by atoms with Crippen LogP contribution in [0.4, 0.5) is 0 Å². The molecule has 0 aliphatic heterocycles. The van der Waals surface area contributed by atoms with E-state index >= 15 is 0 Å². The van der Waals surface area contributed by atoms with E-state index in [0.717, 1.165) is 0 Å². The molecule has 0 aliphatic carbocycles. The average Bonchev–Trinajstić information content (AvgIpc) is 2.34. The van der Waals surface area contributed by atoms with Gasteiger partial charge in [-0.2, -0.15) is 10.4 Å². The summed E-state index contributed by atoms with van der Waals surface area (Å²) in [5.74, 6) is -0.508. The van der Waals surface area contributed by atoms with E-state index in [1.165, 1.54) is 0 Å². The van der Waals surface area contributed by atoms with Gasteiger partial charge in [0, 0.05) is 6.20 Å². The highest BCUT2D eigenvalue weighted by Crippen LogP contribution is 2.19. The second-order valence-corrected chi connectivity index (χ2v) is 3.48. The van der Waals surface area contributed by atoms with Crippen LogP contribution < -0.4 is 0 Å². The Labute approximate surface area is 97.5 Å².